The number of hydrogen-bond acceptors (Lipinski definition) is 6. The lowest BCUT2D eigenvalue weighted by Crippen LogP contribution is -2.41. The van der Waals surface area contributed by atoms with Crippen molar-refractivity contribution >= 4 is 23.7 Å². The summed E-state index contributed by atoms with van der Waals surface area (Å²) in [5, 5.41) is 11.3. The highest BCUT2D eigenvalue weighted by Crippen LogP contribution is 2.38. The molecule has 5 rings (SSSR count). The van der Waals surface area contributed by atoms with Gasteiger partial charge in [-0.2, -0.15) is 0 Å². The summed E-state index contributed by atoms with van der Waals surface area (Å²) in [6, 6.07) is 27.1. The van der Waals surface area contributed by atoms with E-state index in [9.17, 15) is 19.7 Å². The maximum atomic E-state index is 12.7. The Bertz CT molecular complexity index is 1510. The molecular formula is C29H22N2O6. The fourth-order valence-electron chi connectivity index (χ4n) is 4.28. The second kappa shape index (κ2) is 9.23. The highest BCUT2D eigenvalue weighted by molar-refractivity contribution is 6.19. The zero-order chi connectivity index (χ0) is 26.2. The predicted octanol–water partition coefficient (Wildman–Crippen LogP) is 5.94. The molecule has 0 atom stereocenters. The Morgan fingerprint density at radius 2 is 1.35 bits per heavy atom. The van der Waals surface area contributed by atoms with Crippen LogP contribution in [-0.4, -0.2) is 27.2 Å². The molecule has 1 fully saturated rings. The molecule has 8 nitrogen and oxygen atoms in total. The number of aromatic nitrogens is 1. The first kappa shape index (κ1) is 23.7. The van der Waals surface area contributed by atoms with Crippen LogP contribution in [-0.2, 0) is 19.1 Å². The topological polar surface area (TPSA) is 101 Å². The summed E-state index contributed by atoms with van der Waals surface area (Å²) >= 11 is 0. The molecule has 184 valence electrons. The van der Waals surface area contributed by atoms with Crippen LogP contribution in [0, 0.1) is 10.1 Å². The summed E-state index contributed by atoms with van der Waals surface area (Å²) in [6.45, 7) is 2.99. The predicted molar refractivity (Wildman–Crippen MR) is 138 cm³/mol. The largest absolute Gasteiger partial charge is 0.419 e. The lowest BCUT2D eigenvalue weighted by atomic mass is 10.0. The molecule has 1 aliphatic heterocycles. The van der Waals surface area contributed by atoms with E-state index in [2.05, 4.69) is 0 Å². The van der Waals surface area contributed by atoms with Crippen molar-refractivity contribution in [1.82, 2.24) is 4.57 Å². The number of esters is 2. The van der Waals surface area contributed by atoms with Crippen LogP contribution < -0.4 is 0 Å². The van der Waals surface area contributed by atoms with Crippen LogP contribution in [0.4, 0.5) is 5.69 Å². The number of rotatable bonds is 5. The number of non-ortho nitro benzene ring substituents is 1. The number of ether oxygens (including phenoxy) is 2. The minimum atomic E-state index is -1.35. The molecule has 1 aliphatic rings. The molecule has 0 amide bonds. The molecule has 8 heteroatoms. The van der Waals surface area contributed by atoms with Gasteiger partial charge in [-0.05, 0) is 35.4 Å². The van der Waals surface area contributed by atoms with Crippen LogP contribution in [0.2, 0.25) is 0 Å². The highest BCUT2D eigenvalue weighted by atomic mass is 16.7. The SMILES string of the molecule is CC1(C)OC(=O)C(=Cc2cc(-c3ccccc3)n(-c3ccc([N+](=O)[O-])cc3)c2-c2ccccc2)C(=O)O1. The fraction of sp³-hybridized carbons (Fsp3) is 0.103. The average Bonchev–Trinajstić information content (AvgIpc) is 3.26. The van der Waals surface area contributed by atoms with Gasteiger partial charge in [0.05, 0.1) is 16.3 Å². The first-order chi connectivity index (χ1) is 17.7. The summed E-state index contributed by atoms with van der Waals surface area (Å²) in [5.74, 6) is -2.90. The van der Waals surface area contributed by atoms with E-state index in [-0.39, 0.29) is 11.3 Å². The van der Waals surface area contributed by atoms with Crippen LogP contribution in [0.3, 0.4) is 0 Å². The van der Waals surface area contributed by atoms with Crippen LogP contribution in [0.25, 0.3) is 34.3 Å². The first-order valence-corrected chi connectivity index (χ1v) is 11.5. The lowest BCUT2D eigenvalue weighted by Gasteiger charge is -2.29. The molecule has 0 spiro atoms. The van der Waals surface area contributed by atoms with E-state index in [1.165, 1.54) is 32.1 Å². The third-order valence-electron chi connectivity index (χ3n) is 5.88. The molecule has 4 aromatic rings. The minimum Gasteiger partial charge on any atom is -0.419 e. The van der Waals surface area contributed by atoms with Gasteiger partial charge in [0.15, 0.2) is 0 Å². The maximum absolute atomic E-state index is 12.7. The minimum absolute atomic E-state index is 0.0314. The zero-order valence-corrected chi connectivity index (χ0v) is 20.1. The normalized spacial score (nSPS) is 14.6. The zero-order valence-electron chi connectivity index (χ0n) is 20.1. The van der Waals surface area contributed by atoms with E-state index >= 15 is 0 Å². The van der Waals surface area contributed by atoms with E-state index in [1.54, 1.807) is 12.1 Å². The molecule has 0 unspecified atom stereocenters. The maximum Gasteiger partial charge on any atom is 0.348 e. The van der Waals surface area contributed by atoms with Gasteiger partial charge in [-0.3, -0.25) is 10.1 Å². The van der Waals surface area contributed by atoms with Gasteiger partial charge in [0.1, 0.15) is 5.57 Å². The number of nitro groups is 1. The summed E-state index contributed by atoms with van der Waals surface area (Å²) in [5.41, 5.74) is 4.12. The fourth-order valence-corrected chi connectivity index (χ4v) is 4.28. The van der Waals surface area contributed by atoms with Gasteiger partial charge >= 0.3 is 11.9 Å². The van der Waals surface area contributed by atoms with E-state index in [0.717, 1.165) is 16.8 Å². The molecule has 3 aromatic carbocycles. The molecule has 0 saturated carbocycles. The second-order valence-corrected chi connectivity index (χ2v) is 8.91. The van der Waals surface area contributed by atoms with Crippen molar-refractivity contribution in [3.63, 3.8) is 0 Å². The third kappa shape index (κ3) is 4.64. The van der Waals surface area contributed by atoms with Crippen molar-refractivity contribution in [3.8, 4) is 28.2 Å². The molecule has 0 N–H and O–H groups in total. The van der Waals surface area contributed by atoms with Crippen molar-refractivity contribution in [2.75, 3.05) is 0 Å². The van der Waals surface area contributed by atoms with E-state index in [1.807, 2.05) is 71.3 Å². The summed E-state index contributed by atoms with van der Waals surface area (Å²) in [6.07, 6.45) is 1.47. The smallest absolute Gasteiger partial charge is 0.348 e. The first-order valence-electron chi connectivity index (χ1n) is 11.5. The van der Waals surface area contributed by atoms with Crippen molar-refractivity contribution in [3.05, 3.63) is 112 Å². The second-order valence-electron chi connectivity index (χ2n) is 8.91. The quantitative estimate of drug-likeness (QED) is 0.112. The average molecular weight is 495 g/mol. The van der Waals surface area contributed by atoms with Crippen LogP contribution >= 0.6 is 0 Å². The Morgan fingerprint density at radius 3 is 1.89 bits per heavy atom. The Labute approximate surface area is 212 Å². The summed E-state index contributed by atoms with van der Waals surface area (Å²) < 4.78 is 12.5. The van der Waals surface area contributed by atoms with Gasteiger partial charge in [0.25, 0.3) is 11.5 Å². The molecule has 0 bridgehead atoms. The molecule has 37 heavy (non-hydrogen) atoms. The number of benzene rings is 3. The van der Waals surface area contributed by atoms with Crippen molar-refractivity contribution in [2.45, 2.75) is 19.6 Å². The number of nitrogens with zero attached hydrogens (tertiary/aromatic N) is 2. The van der Waals surface area contributed by atoms with Crippen LogP contribution in [0.15, 0.2) is 96.6 Å². The standard InChI is InChI=1S/C29H22N2O6/c1-29(2)36-27(32)24(28(33)37-29)17-21-18-25(19-9-5-3-6-10-19)30(26(21)20-11-7-4-8-12-20)22-13-15-23(16-14-22)31(34)35/h3-18H,1-2H3. The third-order valence-corrected chi connectivity index (χ3v) is 5.88. The van der Waals surface area contributed by atoms with Crippen LogP contribution in [0.5, 0.6) is 0 Å². The Balaban J connectivity index is 1.79. The summed E-state index contributed by atoms with van der Waals surface area (Å²) in [7, 11) is 0. The number of nitro benzene ring substituents is 1. The van der Waals surface area contributed by atoms with Crippen molar-refractivity contribution in [1.29, 1.82) is 0 Å². The molecule has 1 aromatic heterocycles. The van der Waals surface area contributed by atoms with E-state index in [0.29, 0.717) is 16.9 Å². The number of cyclic esters (lactones) is 2. The summed E-state index contributed by atoms with van der Waals surface area (Å²) in [4.78, 5) is 36.3. The van der Waals surface area contributed by atoms with Gasteiger partial charge in [0.2, 0.25) is 0 Å². The molecule has 0 aliphatic carbocycles. The van der Waals surface area contributed by atoms with Crippen molar-refractivity contribution in [2.24, 2.45) is 0 Å². The van der Waals surface area contributed by atoms with Gasteiger partial charge in [-0.25, -0.2) is 9.59 Å². The van der Waals surface area contributed by atoms with E-state index in [4.69, 9.17) is 9.47 Å². The van der Waals surface area contributed by atoms with Gasteiger partial charge in [-0.1, -0.05) is 60.7 Å². The molecule has 1 saturated heterocycles. The highest BCUT2D eigenvalue weighted by Gasteiger charge is 2.39. The van der Waals surface area contributed by atoms with Crippen LogP contribution in [0.1, 0.15) is 19.4 Å². The molecular weight excluding hydrogens is 472 g/mol. The Kier molecular flexibility index (Phi) is 5.93. The number of carbonyl (C=O) groups excluding carboxylic acids is 2. The molecule has 2 heterocycles. The van der Waals surface area contributed by atoms with E-state index < -0.39 is 22.6 Å². The Hall–Kier alpha value is -4.98. The monoisotopic (exact) mass is 494 g/mol. The molecule has 0 radical (unpaired) electrons. The van der Waals surface area contributed by atoms with Crippen molar-refractivity contribution < 1.29 is 24.0 Å². The van der Waals surface area contributed by atoms with Gasteiger partial charge in [0, 0.05) is 37.2 Å². The number of carbonyl (C=O) groups is 2. The van der Waals surface area contributed by atoms with Gasteiger partial charge < -0.3 is 14.0 Å². The van der Waals surface area contributed by atoms with Gasteiger partial charge in [-0.15, -0.1) is 0 Å². The Morgan fingerprint density at radius 1 is 0.811 bits per heavy atom. The number of hydrogen-bond donors (Lipinski definition) is 0. The lowest BCUT2D eigenvalue weighted by molar-refractivity contribution is -0.384.